The van der Waals surface area contributed by atoms with Gasteiger partial charge in [0.25, 0.3) is 0 Å². The van der Waals surface area contributed by atoms with Crippen LogP contribution < -0.4 is 10.5 Å². The van der Waals surface area contributed by atoms with Crippen LogP contribution in [0.25, 0.3) is 0 Å². The van der Waals surface area contributed by atoms with E-state index in [0.717, 1.165) is 16.8 Å². The summed E-state index contributed by atoms with van der Waals surface area (Å²) in [6.07, 6.45) is 3.65. The third kappa shape index (κ3) is 2.59. The van der Waals surface area contributed by atoms with E-state index in [-0.39, 0.29) is 0 Å². The Morgan fingerprint density at radius 2 is 1.95 bits per heavy atom. The molecule has 0 spiro atoms. The van der Waals surface area contributed by atoms with Crippen LogP contribution in [0.5, 0.6) is 5.88 Å². The predicted molar refractivity (Wildman–Crippen MR) is 78.5 cm³/mol. The standard InChI is InChI=1S/C16H19N3O/c1-11-14(13-8-5-9-13)18-16(17)19-15(11)20-10-12-6-3-2-4-7-12/h2-4,6-7,13H,5,8-10H2,1H3,(H2,17,18,19). The predicted octanol–water partition coefficient (Wildman–Crippen LogP) is 3.21. The van der Waals surface area contributed by atoms with Crippen molar-refractivity contribution >= 4 is 5.95 Å². The minimum absolute atomic E-state index is 0.306. The number of benzene rings is 1. The molecule has 0 radical (unpaired) electrons. The van der Waals surface area contributed by atoms with E-state index in [2.05, 4.69) is 9.97 Å². The first-order valence-corrected chi connectivity index (χ1v) is 7.05. The molecule has 1 aromatic carbocycles. The molecule has 2 N–H and O–H groups in total. The van der Waals surface area contributed by atoms with Crippen molar-refractivity contribution in [2.45, 2.75) is 38.7 Å². The number of nitrogens with two attached hydrogens (primary N) is 1. The lowest BCUT2D eigenvalue weighted by atomic mass is 9.81. The van der Waals surface area contributed by atoms with Gasteiger partial charge in [0, 0.05) is 11.5 Å². The van der Waals surface area contributed by atoms with E-state index in [1.54, 1.807) is 0 Å². The summed E-state index contributed by atoms with van der Waals surface area (Å²) in [5.74, 6) is 1.45. The third-order valence-electron chi connectivity index (χ3n) is 3.87. The molecule has 1 heterocycles. The van der Waals surface area contributed by atoms with Crippen molar-refractivity contribution in [3.05, 3.63) is 47.2 Å². The van der Waals surface area contributed by atoms with Crippen molar-refractivity contribution in [1.82, 2.24) is 9.97 Å². The van der Waals surface area contributed by atoms with Crippen LogP contribution in [0, 0.1) is 6.92 Å². The van der Waals surface area contributed by atoms with Gasteiger partial charge in [0.2, 0.25) is 11.8 Å². The summed E-state index contributed by atoms with van der Waals surface area (Å²) in [5, 5.41) is 0. The molecule has 1 saturated carbocycles. The maximum absolute atomic E-state index is 5.83. The first-order valence-electron chi connectivity index (χ1n) is 7.05. The molecule has 104 valence electrons. The zero-order chi connectivity index (χ0) is 13.9. The average molecular weight is 269 g/mol. The van der Waals surface area contributed by atoms with Gasteiger partial charge >= 0.3 is 0 Å². The number of hydrogen-bond donors (Lipinski definition) is 1. The lowest BCUT2D eigenvalue weighted by molar-refractivity contribution is 0.289. The Hall–Kier alpha value is -2.10. The quantitative estimate of drug-likeness (QED) is 0.925. The molecule has 4 nitrogen and oxygen atoms in total. The second-order valence-electron chi connectivity index (χ2n) is 5.30. The van der Waals surface area contributed by atoms with Crippen molar-refractivity contribution in [3.8, 4) is 5.88 Å². The summed E-state index contributed by atoms with van der Waals surface area (Å²) in [5.41, 5.74) is 9.02. The minimum atomic E-state index is 0.306. The van der Waals surface area contributed by atoms with Crippen LogP contribution >= 0.6 is 0 Å². The first kappa shape index (κ1) is 12.9. The summed E-state index contributed by atoms with van der Waals surface area (Å²) in [7, 11) is 0. The summed E-state index contributed by atoms with van der Waals surface area (Å²) >= 11 is 0. The van der Waals surface area contributed by atoms with Gasteiger partial charge in [0.15, 0.2) is 0 Å². The molecule has 0 unspecified atom stereocenters. The molecule has 0 bridgehead atoms. The molecule has 0 aliphatic heterocycles. The molecule has 4 heteroatoms. The van der Waals surface area contributed by atoms with Crippen LogP contribution in [0.1, 0.15) is 42.0 Å². The van der Waals surface area contributed by atoms with Gasteiger partial charge in [-0.1, -0.05) is 36.8 Å². The number of anilines is 1. The molecule has 20 heavy (non-hydrogen) atoms. The third-order valence-corrected chi connectivity index (χ3v) is 3.87. The largest absolute Gasteiger partial charge is 0.472 e. The summed E-state index contributed by atoms with van der Waals surface area (Å²) in [6, 6.07) is 10.1. The Morgan fingerprint density at radius 3 is 2.60 bits per heavy atom. The lowest BCUT2D eigenvalue weighted by Gasteiger charge is -2.26. The van der Waals surface area contributed by atoms with Crippen LogP contribution in [0.3, 0.4) is 0 Å². The van der Waals surface area contributed by atoms with Gasteiger partial charge in [-0.2, -0.15) is 4.98 Å². The highest BCUT2D eigenvalue weighted by Gasteiger charge is 2.25. The molecule has 3 rings (SSSR count). The zero-order valence-corrected chi connectivity index (χ0v) is 11.7. The Balaban J connectivity index is 1.80. The summed E-state index contributed by atoms with van der Waals surface area (Å²) in [4.78, 5) is 8.63. The molecule has 0 saturated heterocycles. The monoisotopic (exact) mass is 269 g/mol. The molecule has 1 aromatic heterocycles. The Morgan fingerprint density at radius 1 is 1.20 bits per heavy atom. The van der Waals surface area contributed by atoms with E-state index in [9.17, 15) is 0 Å². The second kappa shape index (κ2) is 5.49. The Bertz CT molecular complexity index is 594. The van der Waals surface area contributed by atoms with Crippen molar-refractivity contribution in [2.24, 2.45) is 0 Å². The topological polar surface area (TPSA) is 61.0 Å². The number of hydrogen-bond acceptors (Lipinski definition) is 4. The molecule has 1 fully saturated rings. The van der Waals surface area contributed by atoms with Crippen LogP contribution in [0.2, 0.25) is 0 Å². The first-order chi connectivity index (χ1) is 9.74. The number of nitrogen functional groups attached to an aromatic ring is 1. The minimum Gasteiger partial charge on any atom is -0.472 e. The smallest absolute Gasteiger partial charge is 0.223 e. The van der Waals surface area contributed by atoms with E-state index >= 15 is 0 Å². The second-order valence-corrected chi connectivity index (χ2v) is 5.30. The maximum Gasteiger partial charge on any atom is 0.223 e. The zero-order valence-electron chi connectivity index (χ0n) is 11.7. The Kier molecular flexibility index (Phi) is 3.54. The average Bonchev–Trinajstić information content (AvgIpc) is 2.40. The van der Waals surface area contributed by atoms with Gasteiger partial charge in [-0.05, 0) is 25.3 Å². The van der Waals surface area contributed by atoms with Crippen LogP contribution in [-0.2, 0) is 6.61 Å². The summed E-state index contributed by atoms with van der Waals surface area (Å²) in [6.45, 7) is 2.52. The molecule has 1 aliphatic rings. The number of aromatic nitrogens is 2. The lowest BCUT2D eigenvalue weighted by Crippen LogP contribution is -2.15. The van der Waals surface area contributed by atoms with Gasteiger partial charge < -0.3 is 10.5 Å². The van der Waals surface area contributed by atoms with E-state index in [1.807, 2.05) is 37.3 Å². The number of nitrogens with zero attached hydrogens (tertiary/aromatic N) is 2. The van der Waals surface area contributed by atoms with Gasteiger partial charge in [0.05, 0.1) is 5.69 Å². The van der Waals surface area contributed by atoms with E-state index < -0.39 is 0 Å². The highest BCUT2D eigenvalue weighted by molar-refractivity contribution is 5.37. The number of rotatable bonds is 4. The van der Waals surface area contributed by atoms with Gasteiger partial charge in [0.1, 0.15) is 6.61 Å². The van der Waals surface area contributed by atoms with Gasteiger partial charge in [-0.25, -0.2) is 4.98 Å². The Labute approximate surface area is 119 Å². The highest BCUT2D eigenvalue weighted by Crippen LogP contribution is 2.38. The van der Waals surface area contributed by atoms with Gasteiger partial charge in [-0.3, -0.25) is 0 Å². The molecular formula is C16H19N3O. The van der Waals surface area contributed by atoms with Crippen molar-refractivity contribution in [3.63, 3.8) is 0 Å². The molecule has 2 aromatic rings. The van der Waals surface area contributed by atoms with Gasteiger partial charge in [-0.15, -0.1) is 0 Å². The van der Waals surface area contributed by atoms with E-state index in [4.69, 9.17) is 10.5 Å². The summed E-state index contributed by atoms with van der Waals surface area (Å²) < 4.78 is 5.83. The molecule has 0 atom stereocenters. The van der Waals surface area contributed by atoms with Crippen LogP contribution in [0.4, 0.5) is 5.95 Å². The molecular weight excluding hydrogens is 250 g/mol. The van der Waals surface area contributed by atoms with E-state index in [1.165, 1.54) is 19.3 Å². The maximum atomic E-state index is 5.83. The van der Waals surface area contributed by atoms with Crippen LogP contribution in [-0.4, -0.2) is 9.97 Å². The van der Waals surface area contributed by atoms with Crippen molar-refractivity contribution in [2.75, 3.05) is 5.73 Å². The molecule has 0 amide bonds. The normalized spacial score (nSPS) is 14.8. The van der Waals surface area contributed by atoms with Crippen molar-refractivity contribution < 1.29 is 4.74 Å². The van der Waals surface area contributed by atoms with Crippen LogP contribution in [0.15, 0.2) is 30.3 Å². The van der Waals surface area contributed by atoms with Crippen molar-refractivity contribution in [1.29, 1.82) is 0 Å². The van der Waals surface area contributed by atoms with E-state index in [0.29, 0.717) is 24.4 Å². The SMILES string of the molecule is Cc1c(OCc2ccccc2)nc(N)nc1C1CCC1. The number of ether oxygens (including phenoxy) is 1. The molecule has 1 aliphatic carbocycles. The highest BCUT2D eigenvalue weighted by atomic mass is 16.5. The fourth-order valence-corrected chi connectivity index (χ4v) is 2.48. The fourth-order valence-electron chi connectivity index (χ4n) is 2.48. The fraction of sp³-hybridized carbons (Fsp3) is 0.375.